The highest BCUT2D eigenvalue weighted by Crippen LogP contribution is 2.32. The number of nitrogens with two attached hydrogens (primary N) is 1. The van der Waals surface area contributed by atoms with Crippen LogP contribution in [0.4, 0.5) is 0 Å². The standard InChI is InChI=1S/C15H15Br2NO/c1-2-19-14-8-7-10(9-13(14)17)15(18)11-5-3-4-6-12(11)16/h3-9,15H,2,18H2,1H3. The SMILES string of the molecule is CCOc1ccc(C(N)c2ccccc2Br)cc1Br. The van der Waals surface area contributed by atoms with Gasteiger partial charge in [-0.1, -0.05) is 40.2 Å². The lowest BCUT2D eigenvalue weighted by molar-refractivity contribution is 0.338. The van der Waals surface area contributed by atoms with Crippen LogP contribution in [0.5, 0.6) is 5.75 Å². The molecule has 0 radical (unpaired) electrons. The molecular weight excluding hydrogens is 370 g/mol. The zero-order valence-electron chi connectivity index (χ0n) is 10.6. The van der Waals surface area contributed by atoms with Crippen molar-refractivity contribution >= 4 is 31.9 Å². The van der Waals surface area contributed by atoms with Crippen molar-refractivity contribution in [3.63, 3.8) is 0 Å². The second-order valence-corrected chi connectivity index (χ2v) is 5.83. The predicted octanol–water partition coefficient (Wildman–Crippen LogP) is 4.66. The van der Waals surface area contributed by atoms with Crippen molar-refractivity contribution < 1.29 is 4.74 Å². The molecule has 0 saturated heterocycles. The number of rotatable bonds is 4. The Kier molecular flexibility index (Phi) is 5.02. The number of benzene rings is 2. The van der Waals surface area contributed by atoms with Crippen molar-refractivity contribution in [2.75, 3.05) is 6.61 Å². The number of ether oxygens (including phenoxy) is 1. The van der Waals surface area contributed by atoms with Gasteiger partial charge in [0.1, 0.15) is 5.75 Å². The first-order chi connectivity index (χ1) is 9.13. The average Bonchev–Trinajstić information content (AvgIpc) is 2.41. The van der Waals surface area contributed by atoms with Crippen molar-refractivity contribution in [2.24, 2.45) is 5.73 Å². The molecule has 19 heavy (non-hydrogen) atoms. The topological polar surface area (TPSA) is 35.2 Å². The van der Waals surface area contributed by atoms with E-state index in [9.17, 15) is 0 Å². The fourth-order valence-electron chi connectivity index (χ4n) is 1.89. The van der Waals surface area contributed by atoms with E-state index >= 15 is 0 Å². The molecule has 2 nitrogen and oxygen atoms in total. The van der Waals surface area contributed by atoms with E-state index < -0.39 is 0 Å². The van der Waals surface area contributed by atoms with Gasteiger partial charge in [-0.15, -0.1) is 0 Å². The molecule has 0 amide bonds. The van der Waals surface area contributed by atoms with Gasteiger partial charge in [-0.05, 0) is 52.2 Å². The fraction of sp³-hybridized carbons (Fsp3) is 0.200. The summed E-state index contributed by atoms with van der Waals surface area (Å²) in [4.78, 5) is 0. The van der Waals surface area contributed by atoms with Gasteiger partial charge >= 0.3 is 0 Å². The van der Waals surface area contributed by atoms with E-state index in [4.69, 9.17) is 10.5 Å². The van der Waals surface area contributed by atoms with Crippen LogP contribution in [0.25, 0.3) is 0 Å². The predicted molar refractivity (Wildman–Crippen MR) is 85.5 cm³/mol. The second-order valence-electron chi connectivity index (χ2n) is 4.12. The maximum atomic E-state index is 6.32. The molecule has 0 bridgehead atoms. The van der Waals surface area contributed by atoms with Crippen molar-refractivity contribution in [3.8, 4) is 5.75 Å². The summed E-state index contributed by atoms with van der Waals surface area (Å²) in [6, 6.07) is 13.8. The highest BCUT2D eigenvalue weighted by atomic mass is 79.9. The van der Waals surface area contributed by atoms with Gasteiger partial charge < -0.3 is 10.5 Å². The molecule has 0 fully saturated rings. The van der Waals surface area contributed by atoms with Gasteiger partial charge in [0, 0.05) is 4.47 Å². The monoisotopic (exact) mass is 383 g/mol. The van der Waals surface area contributed by atoms with Crippen molar-refractivity contribution in [1.82, 2.24) is 0 Å². The van der Waals surface area contributed by atoms with Crippen LogP contribution in [0.15, 0.2) is 51.4 Å². The van der Waals surface area contributed by atoms with Crippen LogP contribution in [0.1, 0.15) is 24.1 Å². The number of halogens is 2. The molecule has 2 N–H and O–H groups in total. The minimum Gasteiger partial charge on any atom is -0.493 e. The molecule has 2 aromatic carbocycles. The van der Waals surface area contributed by atoms with Gasteiger partial charge in [0.15, 0.2) is 0 Å². The largest absolute Gasteiger partial charge is 0.493 e. The third-order valence-electron chi connectivity index (χ3n) is 2.86. The van der Waals surface area contributed by atoms with Crippen LogP contribution >= 0.6 is 31.9 Å². The number of hydrogen-bond acceptors (Lipinski definition) is 2. The van der Waals surface area contributed by atoms with Gasteiger partial charge in [-0.25, -0.2) is 0 Å². The maximum Gasteiger partial charge on any atom is 0.133 e. The summed E-state index contributed by atoms with van der Waals surface area (Å²) in [6.45, 7) is 2.61. The minimum absolute atomic E-state index is 0.164. The smallest absolute Gasteiger partial charge is 0.133 e. The lowest BCUT2D eigenvalue weighted by atomic mass is 10.00. The van der Waals surface area contributed by atoms with Gasteiger partial charge in [-0.3, -0.25) is 0 Å². The van der Waals surface area contributed by atoms with Crippen molar-refractivity contribution in [2.45, 2.75) is 13.0 Å². The molecule has 0 aromatic heterocycles. The molecular formula is C15H15Br2NO. The summed E-state index contributed by atoms with van der Waals surface area (Å²) in [7, 11) is 0. The van der Waals surface area contributed by atoms with Crippen LogP contribution in [-0.2, 0) is 0 Å². The first-order valence-electron chi connectivity index (χ1n) is 6.05. The van der Waals surface area contributed by atoms with E-state index in [0.717, 1.165) is 25.8 Å². The lowest BCUT2D eigenvalue weighted by Crippen LogP contribution is -2.12. The van der Waals surface area contributed by atoms with Crippen molar-refractivity contribution in [3.05, 3.63) is 62.5 Å². The van der Waals surface area contributed by atoms with E-state index in [1.165, 1.54) is 0 Å². The Hall–Kier alpha value is -0.840. The second kappa shape index (κ2) is 6.55. The summed E-state index contributed by atoms with van der Waals surface area (Å²) in [6.07, 6.45) is 0. The normalized spacial score (nSPS) is 12.2. The Labute approximate surface area is 130 Å². The quantitative estimate of drug-likeness (QED) is 0.831. The Morgan fingerprint density at radius 1 is 1.11 bits per heavy atom. The Morgan fingerprint density at radius 2 is 1.84 bits per heavy atom. The van der Waals surface area contributed by atoms with E-state index in [-0.39, 0.29) is 6.04 Å². The maximum absolute atomic E-state index is 6.32. The molecule has 0 aliphatic carbocycles. The van der Waals surface area contributed by atoms with Gasteiger partial charge in [0.25, 0.3) is 0 Å². The first-order valence-corrected chi connectivity index (χ1v) is 7.64. The van der Waals surface area contributed by atoms with Crippen molar-refractivity contribution in [1.29, 1.82) is 0 Å². The molecule has 100 valence electrons. The highest BCUT2D eigenvalue weighted by Gasteiger charge is 2.13. The molecule has 0 saturated carbocycles. The summed E-state index contributed by atoms with van der Waals surface area (Å²) >= 11 is 7.05. The molecule has 0 aliphatic heterocycles. The van der Waals surface area contributed by atoms with E-state index in [2.05, 4.69) is 31.9 Å². The Morgan fingerprint density at radius 3 is 2.47 bits per heavy atom. The lowest BCUT2D eigenvalue weighted by Gasteiger charge is -2.16. The van der Waals surface area contributed by atoms with Gasteiger partial charge in [0.05, 0.1) is 17.1 Å². The van der Waals surface area contributed by atoms with Crippen LogP contribution < -0.4 is 10.5 Å². The van der Waals surface area contributed by atoms with E-state index in [1.807, 2.05) is 49.4 Å². The van der Waals surface area contributed by atoms with Gasteiger partial charge in [-0.2, -0.15) is 0 Å². The minimum atomic E-state index is -0.164. The summed E-state index contributed by atoms with van der Waals surface area (Å²) in [5.41, 5.74) is 8.43. The van der Waals surface area contributed by atoms with E-state index in [0.29, 0.717) is 6.61 Å². The fourth-order valence-corrected chi connectivity index (χ4v) is 2.93. The van der Waals surface area contributed by atoms with Crippen LogP contribution in [0.3, 0.4) is 0 Å². The average molecular weight is 385 g/mol. The molecule has 1 unspecified atom stereocenters. The van der Waals surface area contributed by atoms with Crippen LogP contribution in [-0.4, -0.2) is 6.61 Å². The van der Waals surface area contributed by atoms with Crippen LogP contribution in [0.2, 0.25) is 0 Å². The first kappa shape index (κ1) is 14.6. The Balaban J connectivity index is 2.32. The summed E-state index contributed by atoms with van der Waals surface area (Å²) in [5.74, 6) is 0.838. The molecule has 2 rings (SSSR count). The third kappa shape index (κ3) is 3.38. The Bertz CT molecular complexity index is 572. The van der Waals surface area contributed by atoms with E-state index in [1.54, 1.807) is 0 Å². The van der Waals surface area contributed by atoms with Gasteiger partial charge in [0.2, 0.25) is 0 Å². The molecule has 0 spiro atoms. The molecule has 0 aliphatic rings. The zero-order chi connectivity index (χ0) is 13.8. The molecule has 0 heterocycles. The number of hydrogen-bond donors (Lipinski definition) is 1. The summed E-state index contributed by atoms with van der Waals surface area (Å²) < 4.78 is 7.45. The zero-order valence-corrected chi connectivity index (χ0v) is 13.7. The summed E-state index contributed by atoms with van der Waals surface area (Å²) in [5, 5.41) is 0. The molecule has 4 heteroatoms. The highest BCUT2D eigenvalue weighted by molar-refractivity contribution is 9.10. The molecule has 1 atom stereocenters. The van der Waals surface area contributed by atoms with Crippen LogP contribution in [0, 0.1) is 0 Å². The third-order valence-corrected chi connectivity index (χ3v) is 4.20. The molecule has 2 aromatic rings.